The molecule has 1 atom stereocenters. The summed E-state index contributed by atoms with van der Waals surface area (Å²) in [6.07, 6.45) is 9.31. The summed E-state index contributed by atoms with van der Waals surface area (Å²) in [7, 11) is 0. The fraction of sp³-hybridized carbons (Fsp3) is 0.769. The second-order valence-electron chi connectivity index (χ2n) is 5.69. The summed E-state index contributed by atoms with van der Waals surface area (Å²) < 4.78 is 2.27. The van der Waals surface area contributed by atoms with Crippen LogP contribution in [0.5, 0.6) is 0 Å². The Morgan fingerprint density at radius 2 is 2.06 bits per heavy atom. The van der Waals surface area contributed by atoms with Crippen LogP contribution < -0.4 is 5.73 Å². The van der Waals surface area contributed by atoms with Crippen molar-refractivity contribution >= 4 is 0 Å². The van der Waals surface area contributed by atoms with Gasteiger partial charge in [-0.15, -0.1) is 0 Å². The van der Waals surface area contributed by atoms with Gasteiger partial charge < -0.3 is 10.3 Å². The van der Waals surface area contributed by atoms with Gasteiger partial charge in [-0.1, -0.05) is 12.8 Å². The SMILES string of the molecule is CC(C1CCCC1)n1cncc1C(C)(C)N. The predicted molar refractivity (Wildman–Crippen MR) is 66.1 cm³/mol. The van der Waals surface area contributed by atoms with E-state index >= 15 is 0 Å². The molecule has 0 bridgehead atoms. The van der Waals surface area contributed by atoms with E-state index in [-0.39, 0.29) is 5.54 Å². The highest BCUT2D eigenvalue weighted by Crippen LogP contribution is 2.35. The topological polar surface area (TPSA) is 43.8 Å². The van der Waals surface area contributed by atoms with E-state index < -0.39 is 0 Å². The van der Waals surface area contributed by atoms with Crippen molar-refractivity contribution in [3.05, 3.63) is 18.2 Å². The fourth-order valence-electron chi connectivity index (χ4n) is 2.80. The van der Waals surface area contributed by atoms with Crippen LogP contribution in [0, 0.1) is 5.92 Å². The summed E-state index contributed by atoms with van der Waals surface area (Å²) >= 11 is 0. The predicted octanol–water partition coefficient (Wildman–Crippen LogP) is 2.83. The number of nitrogens with two attached hydrogens (primary N) is 1. The molecule has 2 N–H and O–H groups in total. The number of aromatic nitrogens is 2. The van der Waals surface area contributed by atoms with E-state index in [4.69, 9.17) is 5.73 Å². The molecule has 16 heavy (non-hydrogen) atoms. The van der Waals surface area contributed by atoms with E-state index in [1.54, 1.807) is 0 Å². The average Bonchev–Trinajstić information content (AvgIpc) is 2.87. The lowest BCUT2D eigenvalue weighted by molar-refractivity contribution is 0.336. The van der Waals surface area contributed by atoms with Crippen molar-refractivity contribution in [3.8, 4) is 0 Å². The van der Waals surface area contributed by atoms with Gasteiger partial charge in [-0.3, -0.25) is 0 Å². The molecule has 3 heteroatoms. The molecule has 1 aromatic rings. The van der Waals surface area contributed by atoms with Crippen molar-refractivity contribution in [1.29, 1.82) is 0 Å². The molecule has 2 rings (SSSR count). The summed E-state index contributed by atoms with van der Waals surface area (Å²) in [5.41, 5.74) is 7.02. The highest BCUT2D eigenvalue weighted by molar-refractivity contribution is 5.11. The third-order valence-electron chi connectivity index (χ3n) is 3.85. The third-order valence-corrected chi connectivity index (χ3v) is 3.85. The lowest BCUT2D eigenvalue weighted by atomic mass is 9.97. The van der Waals surface area contributed by atoms with Gasteiger partial charge in [-0.2, -0.15) is 0 Å². The molecule has 1 aromatic heterocycles. The molecular formula is C13H23N3. The maximum atomic E-state index is 6.18. The molecule has 0 spiro atoms. The monoisotopic (exact) mass is 221 g/mol. The Morgan fingerprint density at radius 1 is 1.44 bits per heavy atom. The number of imidazole rings is 1. The van der Waals surface area contributed by atoms with Crippen molar-refractivity contribution in [3.63, 3.8) is 0 Å². The molecule has 1 fully saturated rings. The first-order chi connectivity index (χ1) is 7.50. The van der Waals surface area contributed by atoms with Gasteiger partial charge in [0.1, 0.15) is 0 Å². The summed E-state index contributed by atoms with van der Waals surface area (Å²) in [6, 6.07) is 0.530. The van der Waals surface area contributed by atoms with Gasteiger partial charge in [0.05, 0.1) is 17.6 Å². The van der Waals surface area contributed by atoms with E-state index in [2.05, 4.69) is 16.5 Å². The zero-order chi connectivity index (χ0) is 11.8. The Bertz CT molecular complexity index is 342. The Balaban J connectivity index is 2.23. The van der Waals surface area contributed by atoms with E-state index in [9.17, 15) is 0 Å². The first-order valence-corrected chi connectivity index (χ1v) is 6.31. The van der Waals surface area contributed by atoms with Crippen LogP contribution in [0.4, 0.5) is 0 Å². The second-order valence-corrected chi connectivity index (χ2v) is 5.69. The van der Waals surface area contributed by atoms with Crippen molar-refractivity contribution < 1.29 is 0 Å². The van der Waals surface area contributed by atoms with Crippen molar-refractivity contribution in [2.24, 2.45) is 11.7 Å². The van der Waals surface area contributed by atoms with E-state index in [1.165, 1.54) is 25.7 Å². The van der Waals surface area contributed by atoms with Crippen molar-refractivity contribution in [2.45, 2.75) is 58.0 Å². The smallest absolute Gasteiger partial charge is 0.0951 e. The molecule has 3 nitrogen and oxygen atoms in total. The Hall–Kier alpha value is -0.830. The quantitative estimate of drug-likeness (QED) is 0.853. The molecule has 0 saturated heterocycles. The maximum absolute atomic E-state index is 6.18. The van der Waals surface area contributed by atoms with Gasteiger partial charge in [0.15, 0.2) is 0 Å². The van der Waals surface area contributed by atoms with Crippen molar-refractivity contribution in [2.75, 3.05) is 0 Å². The van der Waals surface area contributed by atoms with Crippen LogP contribution in [-0.2, 0) is 5.54 Å². The number of hydrogen-bond donors (Lipinski definition) is 1. The van der Waals surface area contributed by atoms with Gasteiger partial charge in [0.25, 0.3) is 0 Å². The molecule has 1 unspecified atom stereocenters. The minimum atomic E-state index is -0.302. The van der Waals surface area contributed by atoms with Gasteiger partial charge in [0.2, 0.25) is 0 Å². The van der Waals surface area contributed by atoms with E-state index in [1.807, 2.05) is 26.4 Å². The highest BCUT2D eigenvalue weighted by atomic mass is 15.1. The number of hydrogen-bond acceptors (Lipinski definition) is 2. The Morgan fingerprint density at radius 3 is 2.62 bits per heavy atom. The van der Waals surface area contributed by atoms with Gasteiger partial charge in [0, 0.05) is 12.2 Å². The van der Waals surface area contributed by atoms with Crippen LogP contribution in [0.25, 0.3) is 0 Å². The zero-order valence-electron chi connectivity index (χ0n) is 10.6. The van der Waals surface area contributed by atoms with Gasteiger partial charge in [-0.25, -0.2) is 4.98 Å². The minimum absolute atomic E-state index is 0.302. The molecule has 1 heterocycles. The normalized spacial score (nSPS) is 20.2. The van der Waals surface area contributed by atoms with Crippen LogP contribution >= 0.6 is 0 Å². The summed E-state index contributed by atoms with van der Waals surface area (Å²) in [5.74, 6) is 0.801. The van der Waals surface area contributed by atoms with E-state index in [0.717, 1.165) is 11.6 Å². The third kappa shape index (κ3) is 2.14. The summed E-state index contributed by atoms with van der Waals surface area (Å²) in [5, 5.41) is 0. The second kappa shape index (κ2) is 4.21. The summed E-state index contributed by atoms with van der Waals surface area (Å²) in [6.45, 7) is 6.39. The molecule has 0 amide bonds. The molecular weight excluding hydrogens is 198 g/mol. The van der Waals surface area contributed by atoms with Crippen molar-refractivity contribution in [1.82, 2.24) is 9.55 Å². The lowest BCUT2D eigenvalue weighted by Gasteiger charge is -2.27. The first kappa shape index (κ1) is 11.6. The van der Waals surface area contributed by atoms with Gasteiger partial charge >= 0.3 is 0 Å². The van der Waals surface area contributed by atoms with Crippen LogP contribution in [0.1, 0.15) is 58.2 Å². The molecule has 1 aliphatic rings. The maximum Gasteiger partial charge on any atom is 0.0951 e. The first-order valence-electron chi connectivity index (χ1n) is 6.31. The Kier molecular flexibility index (Phi) is 3.06. The largest absolute Gasteiger partial charge is 0.330 e. The van der Waals surface area contributed by atoms with Crippen LogP contribution in [0.3, 0.4) is 0 Å². The average molecular weight is 221 g/mol. The standard InChI is InChI=1S/C13H23N3/c1-10(11-6-4-5-7-11)16-9-15-8-12(16)13(2,3)14/h8-11H,4-7,14H2,1-3H3. The van der Waals surface area contributed by atoms with Crippen LogP contribution in [0.2, 0.25) is 0 Å². The number of nitrogens with zero attached hydrogens (tertiary/aromatic N) is 2. The lowest BCUT2D eigenvalue weighted by Crippen LogP contribution is -2.33. The minimum Gasteiger partial charge on any atom is -0.330 e. The molecule has 0 aliphatic heterocycles. The fourth-order valence-corrected chi connectivity index (χ4v) is 2.80. The van der Waals surface area contributed by atoms with Crippen LogP contribution in [-0.4, -0.2) is 9.55 Å². The van der Waals surface area contributed by atoms with E-state index in [0.29, 0.717) is 6.04 Å². The molecule has 0 aromatic carbocycles. The molecule has 0 radical (unpaired) electrons. The van der Waals surface area contributed by atoms with Crippen LogP contribution in [0.15, 0.2) is 12.5 Å². The number of rotatable bonds is 3. The van der Waals surface area contributed by atoms with Gasteiger partial charge in [-0.05, 0) is 39.5 Å². The molecule has 90 valence electrons. The molecule has 1 saturated carbocycles. The highest BCUT2D eigenvalue weighted by Gasteiger charge is 2.27. The zero-order valence-corrected chi connectivity index (χ0v) is 10.6. The molecule has 1 aliphatic carbocycles. The Labute approximate surface area is 98.1 Å². The summed E-state index contributed by atoms with van der Waals surface area (Å²) in [4.78, 5) is 4.26.